The zero-order valence-corrected chi connectivity index (χ0v) is 6.47. The summed E-state index contributed by atoms with van der Waals surface area (Å²) in [5.41, 5.74) is 0.334. The van der Waals surface area contributed by atoms with Gasteiger partial charge in [0, 0.05) is 12.0 Å². The lowest BCUT2D eigenvalue weighted by molar-refractivity contribution is 0.0233. The lowest BCUT2D eigenvalue weighted by atomic mass is 9.59. The van der Waals surface area contributed by atoms with E-state index in [4.69, 9.17) is 0 Å². The monoisotopic (exact) mass is 152 g/mol. The maximum absolute atomic E-state index is 9.89. The molecular formula is C8H12N2O. The van der Waals surface area contributed by atoms with Crippen LogP contribution in [-0.4, -0.2) is 25.7 Å². The molecule has 0 atom stereocenters. The quantitative estimate of drug-likeness (QED) is 0.457. The molecule has 0 radical (unpaired) electrons. The first-order valence-electron chi connectivity index (χ1n) is 4.09. The highest BCUT2D eigenvalue weighted by Gasteiger charge is 2.46. The van der Waals surface area contributed by atoms with E-state index in [-0.39, 0.29) is 0 Å². The fourth-order valence-electron chi connectivity index (χ4n) is 2.38. The molecule has 0 unspecified atom stereocenters. The molecule has 3 rings (SSSR count). The van der Waals surface area contributed by atoms with Gasteiger partial charge in [0.05, 0.1) is 6.54 Å². The topological polar surface area (TPSA) is 41.5 Å². The number of nitrogens with zero attached hydrogens (tertiary/aromatic N) is 1. The maximum atomic E-state index is 9.89. The number of fused-ring (bicyclic) bond motifs is 2. The number of nitrogens with one attached hydrogen (secondary N) is 1. The first-order valence-corrected chi connectivity index (χ1v) is 4.09. The molecular weight excluding hydrogens is 140 g/mol. The molecule has 2 aliphatic heterocycles. The van der Waals surface area contributed by atoms with E-state index in [0.717, 1.165) is 19.0 Å². The Bertz CT molecular complexity index is 197. The molecule has 3 nitrogen and oxygen atoms in total. The van der Waals surface area contributed by atoms with Crippen LogP contribution in [0.5, 0.6) is 0 Å². The van der Waals surface area contributed by atoms with E-state index < -0.39 is 0 Å². The Labute approximate surface area is 65.9 Å². The number of hydrogen-bond donors (Lipinski definition) is 1. The molecule has 1 N–H and O–H groups in total. The van der Waals surface area contributed by atoms with Gasteiger partial charge >= 0.3 is 0 Å². The normalized spacial score (nSPS) is 40.5. The number of hydrogen-bond acceptors (Lipinski definition) is 3. The summed E-state index contributed by atoms with van der Waals surface area (Å²) in [5.74, 6) is 0.852. The van der Waals surface area contributed by atoms with Crippen molar-refractivity contribution in [3.63, 3.8) is 0 Å². The van der Waals surface area contributed by atoms with Gasteiger partial charge in [0.1, 0.15) is 0 Å². The van der Waals surface area contributed by atoms with Crippen LogP contribution in [0.25, 0.3) is 0 Å². The highest BCUT2D eigenvalue weighted by Crippen LogP contribution is 2.47. The number of piperidine rings is 2. The highest BCUT2D eigenvalue weighted by atomic mass is 16.1. The van der Waals surface area contributed by atoms with E-state index in [2.05, 4.69) is 10.3 Å². The zero-order chi connectivity index (χ0) is 7.73. The van der Waals surface area contributed by atoms with E-state index in [0.29, 0.717) is 12.0 Å². The van der Waals surface area contributed by atoms with Crippen molar-refractivity contribution in [1.29, 1.82) is 0 Å². The van der Waals surface area contributed by atoms with E-state index in [1.54, 1.807) is 6.08 Å². The molecule has 0 aromatic heterocycles. The van der Waals surface area contributed by atoms with Crippen LogP contribution in [0, 0.1) is 11.3 Å². The van der Waals surface area contributed by atoms with Crippen LogP contribution in [0.4, 0.5) is 0 Å². The van der Waals surface area contributed by atoms with Gasteiger partial charge < -0.3 is 5.32 Å². The number of carbonyl (C=O) groups excluding carboxylic acids is 1. The van der Waals surface area contributed by atoms with Crippen molar-refractivity contribution in [3.8, 4) is 0 Å². The Morgan fingerprint density at radius 1 is 1.64 bits per heavy atom. The molecule has 60 valence electrons. The minimum atomic E-state index is 0.334. The van der Waals surface area contributed by atoms with Gasteiger partial charge in [-0.3, -0.25) is 0 Å². The molecule has 1 saturated carbocycles. The molecule has 3 aliphatic rings. The Kier molecular flexibility index (Phi) is 1.55. The van der Waals surface area contributed by atoms with Crippen LogP contribution in [0.15, 0.2) is 4.99 Å². The molecule has 2 saturated heterocycles. The van der Waals surface area contributed by atoms with Crippen LogP contribution < -0.4 is 5.32 Å². The van der Waals surface area contributed by atoms with Crippen LogP contribution in [0.3, 0.4) is 0 Å². The van der Waals surface area contributed by atoms with Crippen LogP contribution in [0.2, 0.25) is 0 Å². The SMILES string of the molecule is O=C=NCC12CNCC(C1)C2. The molecule has 0 amide bonds. The fourth-order valence-corrected chi connectivity index (χ4v) is 2.38. The summed E-state index contributed by atoms with van der Waals surface area (Å²) in [7, 11) is 0. The molecule has 0 aromatic rings. The number of isocyanates is 1. The van der Waals surface area contributed by atoms with Crippen molar-refractivity contribution >= 4 is 6.08 Å². The Balaban J connectivity index is 1.96. The van der Waals surface area contributed by atoms with Gasteiger partial charge in [-0.05, 0) is 25.3 Å². The van der Waals surface area contributed by atoms with Crippen molar-refractivity contribution < 1.29 is 4.79 Å². The van der Waals surface area contributed by atoms with Crippen LogP contribution in [-0.2, 0) is 4.79 Å². The molecule has 0 aromatic carbocycles. The molecule has 2 heterocycles. The predicted molar refractivity (Wildman–Crippen MR) is 41.0 cm³/mol. The maximum Gasteiger partial charge on any atom is 0.234 e. The van der Waals surface area contributed by atoms with Gasteiger partial charge in [0.2, 0.25) is 6.08 Å². The summed E-state index contributed by atoms with van der Waals surface area (Å²) in [6, 6.07) is 0. The third-order valence-corrected chi connectivity index (χ3v) is 2.86. The second kappa shape index (κ2) is 2.43. The van der Waals surface area contributed by atoms with Crippen molar-refractivity contribution in [2.45, 2.75) is 12.8 Å². The second-order valence-electron chi connectivity index (χ2n) is 3.81. The van der Waals surface area contributed by atoms with Crippen LogP contribution in [0.1, 0.15) is 12.8 Å². The summed E-state index contributed by atoms with van der Waals surface area (Å²) in [6.07, 6.45) is 4.12. The van der Waals surface area contributed by atoms with E-state index in [1.165, 1.54) is 12.8 Å². The fraction of sp³-hybridized carbons (Fsp3) is 0.875. The van der Waals surface area contributed by atoms with Gasteiger partial charge in [-0.1, -0.05) is 0 Å². The number of rotatable bonds is 2. The van der Waals surface area contributed by atoms with Gasteiger partial charge in [-0.25, -0.2) is 9.79 Å². The first-order chi connectivity index (χ1) is 5.35. The smallest absolute Gasteiger partial charge is 0.234 e. The largest absolute Gasteiger partial charge is 0.316 e. The van der Waals surface area contributed by atoms with Crippen molar-refractivity contribution in [1.82, 2.24) is 5.32 Å². The number of aliphatic imine (C=N–C) groups is 1. The minimum absolute atomic E-state index is 0.334. The first kappa shape index (κ1) is 7.01. The molecule has 11 heavy (non-hydrogen) atoms. The second-order valence-corrected chi connectivity index (χ2v) is 3.81. The van der Waals surface area contributed by atoms with E-state index >= 15 is 0 Å². The zero-order valence-electron chi connectivity index (χ0n) is 6.47. The van der Waals surface area contributed by atoms with Crippen molar-refractivity contribution in [2.24, 2.45) is 16.3 Å². The third-order valence-electron chi connectivity index (χ3n) is 2.86. The van der Waals surface area contributed by atoms with Gasteiger partial charge in [0.25, 0.3) is 0 Å². The van der Waals surface area contributed by atoms with Gasteiger partial charge in [-0.2, -0.15) is 0 Å². The lowest BCUT2D eigenvalue weighted by Gasteiger charge is -2.51. The van der Waals surface area contributed by atoms with Crippen molar-refractivity contribution in [2.75, 3.05) is 19.6 Å². The average Bonchev–Trinajstić information content (AvgIpc) is 2.01. The summed E-state index contributed by atoms with van der Waals surface area (Å²) in [5, 5.41) is 3.34. The third kappa shape index (κ3) is 1.10. The van der Waals surface area contributed by atoms with Gasteiger partial charge in [0.15, 0.2) is 0 Å². The molecule has 3 fully saturated rings. The standard InChI is InChI=1S/C8H12N2O/c11-6-10-5-8-1-7(2-8)3-9-4-8/h7,9H,1-5H2. The Hall–Kier alpha value is -0.660. The predicted octanol–water partition coefficient (Wildman–Crippen LogP) is 0.322. The van der Waals surface area contributed by atoms with E-state index in [1.807, 2.05) is 0 Å². The molecule has 0 spiro atoms. The summed E-state index contributed by atoms with van der Waals surface area (Å²) in [6.45, 7) is 2.88. The highest BCUT2D eigenvalue weighted by molar-refractivity contribution is 5.33. The summed E-state index contributed by atoms with van der Waals surface area (Å²) in [4.78, 5) is 13.6. The minimum Gasteiger partial charge on any atom is -0.316 e. The van der Waals surface area contributed by atoms with Gasteiger partial charge in [-0.15, -0.1) is 0 Å². The summed E-state index contributed by atoms with van der Waals surface area (Å²) >= 11 is 0. The molecule has 3 heteroatoms. The Morgan fingerprint density at radius 3 is 3.00 bits per heavy atom. The average molecular weight is 152 g/mol. The summed E-state index contributed by atoms with van der Waals surface area (Å²) < 4.78 is 0. The van der Waals surface area contributed by atoms with E-state index in [9.17, 15) is 4.79 Å². The molecule has 2 bridgehead atoms. The van der Waals surface area contributed by atoms with Crippen molar-refractivity contribution in [3.05, 3.63) is 0 Å². The Morgan fingerprint density at radius 2 is 2.45 bits per heavy atom. The van der Waals surface area contributed by atoms with Crippen LogP contribution >= 0.6 is 0 Å². The molecule has 1 aliphatic carbocycles. The lowest BCUT2D eigenvalue weighted by Crippen LogP contribution is -2.56.